The van der Waals surface area contributed by atoms with Gasteiger partial charge in [0.25, 0.3) is 0 Å². The van der Waals surface area contributed by atoms with Gasteiger partial charge >= 0.3 is 0 Å². The molecule has 0 rings (SSSR count). The Morgan fingerprint density at radius 2 is 1.00 bits per heavy atom. The fourth-order valence-electron chi connectivity index (χ4n) is 0.971. The molecule has 0 unspecified atom stereocenters. The highest BCUT2D eigenvalue weighted by Crippen LogP contribution is 2.56. The Morgan fingerprint density at radius 3 is 1.00 bits per heavy atom. The summed E-state index contributed by atoms with van der Waals surface area (Å²) in [6, 6.07) is 0. The molecule has 0 heterocycles. The number of hydrogen-bond acceptors (Lipinski definition) is 2. The van der Waals surface area contributed by atoms with Crippen molar-refractivity contribution in [3.63, 3.8) is 0 Å². The standard InChI is InChI=1S/C7H18OP.C4H12OP/c1-4-9(5-2,6-3)7-8;1-6(2,3)4-5/h8H,4-7H2,1-3H3;5H,4H2,1-3H3/q2*+1. The van der Waals surface area contributed by atoms with E-state index in [0.717, 1.165) is 0 Å². The highest BCUT2D eigenvalue weighted by molar-refractivity contribution is 7.75. The van der Waals surface area contributed by atoms with Crippen LogP contribution in [0.3, 0.4) is 0 Å². The smallest absolute Gasteiger partial charge is 0.153 e. The zero-order valence-corrected chi connectivity index (χ0v) is 13.1. The third-order valence-corrected chi connectivity index (χ3v) is 8.21. The molecule has 0 fully saturated rings. The highest BCUT2D eigenvalue weighted by Gasteiger charge is 2.29. The molecule has 0 aliphatic rings. The summed E-state index contributed by atoms with van der Waals surface area (Å²) < 4.78 is 0. The summed E-state index contributed by atoms with van der Waals surface area (Å²) in [6.07, 6.45) is 4.45. The molecule has 0 saturated carbocycles. The average molecular weight is 256 g/mol. The molecule has 15 heavy (non-hydrogen) atoms. The van der Waals surface area contributed by atoms with Gasteiger partial charge in [0.1, 0.15) is 0 Å². The highest BCUT2D eigenvalue weighted by atomic mass is 31.2. The molecule has 2 nitrogen and oxygen atoms in total. The SMILES string of the molecule is CC[P+](CC)(CC)CO.C[P+](C)(C)CO. The summed E-state index contributed by atoms with van der Waals surface area (Å²) in [4.78, 5) is 0. The third-order valence-electron chi connectivity index (χ3n) is 2.74. The molecule has 0 radical (unpaired) electrons. The van der Waals surface area contributed by atoms with E-state index in [1.807, 2.05) is 0 Å². The van der Waals surface area contributed by atoms with Crippen molar-refractivity contribution in [3.8, 4) is 0 Å². The first-order valence-electron chi connectivity index (χ1n) is 5.68. The van der Waals surface area contributed by atoms with Gasteiger partial charge in [0, 0.05) is 14.5 Å². The summed E-state index contributed by atoms with van der Waals surface area (Å²) in [6.45, 7) is 12.9. The van der Waals surface area contributed by atoms with Crippen molar-refractivity contribution >= 4 is 14.5 Å². The monoisotopic (exact) mass is 256 g/mol. The summed E-state index contributed by atoms with van der Waals surface area (Å²) in [5, 5.41) is 17.5. The Kier molecular flexibility index (Phi) is 10.7. The van der Waals surface area contributed by atoms with Crippen LogP contribution in [-0.2, 0) is 0 Å². The van der Waals surface area contributed by atoms with E-state index in [4.69, 9.17) is 10.2 Å². The lowest BCUT2D eigenvalue weighted by Crippen LogP contribution is -2.06. The van der Waals surface area contributed by atoms with E-state index < -0.39 is 14.5 Å². The maximum atomic E-state index is 9.03. The van der Waals surface area contributed by atoms with Crippen LogP contribution in [-0.4, -0.2) is 61.4 Å². The first kappa shape index (κ1) is 18.2. The topological polar surface area (TPSA) is 40.5 Å². The molecule has 0 spiro atoms. The fourth-order valence-corrected chi connectivity index (χ4v) is 2.91. The van der Waals surface area contributed by atoms with Crippen LogP contribution >= 0.6 is 14.5 Å². The second-order valence-electron chi connectivity index (χ2n) is 4.86. The number of rotatable bonds is 5. The van der Waals surface area contributed by atoms with Crippen molar-refractivity contribution in [1.82, 2.24) is 0 Å². The zero-order chi connectivity index (χ0) is 12.5. The molecule has 0 aromatic carbocycles. The summed E-state index contributed by atoms with van der Waals surface area (Å²) in [5.41, 5.74) is 0. The van der Waals surface area contributed by atoms with Crippen LogP contribution in [0.25, 0.3) is 0 Å². The molecule has 4 heteroatoms. The van der Waals surface area contributed by atoms with Crippen LogP contribution in [0.4, 0.5) is 0 Å². The summed E-state index contributed by atoms with van der Waals surface area (Å²) >= 11 is 0. The lowest BCUT2D eigenvalue weighted by molar-refractivity contribution is 0.366. The maximum Gasteiger partial charge on any atom is 0.153 e. The summed E-state index contributed by atoms with van der Waals surface area (Å²) in [7, 11) is -1.71. The van der Waals surface area contributed by atoms with E-state index in [1.165, 1.54) is 18.5 Å². The largest absolute Gasteiger partial charge is 0.362 e. The Balaban J connectivity index is 0. The Hall–Kier alpha value is 0.780. The molecule has 0 aliphatic heterocycles. The second kappa shape index (κ2) is 8.88. The number of aliphatic hydroxyl groups excluding tert-OH is 2. The van der Waals surface area contributed by atoms with Gasteiger partial charge in [0.15, 0.2) is 12.7 Å². The predicted molar refractivity (Wildman–Crippen MR) is 77.4 cm³/mol. The first-order valence-corrected chi connectivity index (χ1v) is 11.5. The van der Waals surface area contributed by atoms with Gasteiger partial charge in [-0.25, -0.2) is 0 Å². The minimum atomic E-state index is -0.864. The first-order chi connectivity index (χ1) is 6.80. The van der Waals surface area contributed by atoms with Crippen molar-refractivity contribution in [3.05, 3.63) is 0 Å². The van der Waals surface area contributed by atoms with E-state index in [0.29, 0.717) is 12.7 Å². The van der Waals surface area contributed by atoms with Gasteiger partial charge in [-0.2, -0.15) is 0 Å². The molecule has 0 atom stereocenters. The second-order valence-corrected chi connectivity index (χ2v) is 14.6. The van der Waals surface area contributed by atoms with Gasteiger partial charge in [0.2, 0.25) is 0 Å². The Morgan fingerprint density at radius 1 is 0.733 bits per heavy atom. The lowest BCUT2D eigenvalue weighted by atomic mass is 10.9. The predicted octanol–water partition coefficient (Wildman–Crippen LogP) is 2.86. The third kappa shape index (κ3) is 9.69. The van der Waals surface area contributed by atoms with Crippen LogP contribution < -0.4 is 0 Å². The van der Waals surface area contributed by atoms with Crippen LogP contribution in [0.2, 0.25) is 0 Å². The molecule has 0 aromatic rings. The van der Waals surface area contributed by atoms with Crippen molar-refractivity contribution < 1.29 is 10.2 Å². The molecular weight excluding hydrogens is 226 g/mol. The van der Waals surface area contributed by atoms with Gasteiger partial charge in [-0.3, -0.25) is 0 Å². The zero-order valence-electron chi connectivity index (χ0n) is 11.3. The van der Waals surface area contributed by atoms with Crippen molar-refractivity contribution in [2.24, 2.45) is 0 Å². The van der Waals surface area contributed by atoms with Gasteiger partial charge in [-0.1, -0.05) is 0 Å². The van der Waals surface area contributed by atoms with E-state index >= 15 is 0 Å². The molecular formula is C11H30O2P2+2. The number of aliphatic hydroxyl groups is 2. The molecule has 0 bridgehead atoms. The Bertz CT molecular complexity index is 123. The molecule has 0 aliphatic carbocycles. The van der Waals surface area contributed by atoms with Crippen molar-refractivity contribution in [2.45, 2.75) is 20.8 Å². The molecule has 0 saturated heterocycles. The van der Waals surface area contributed by atoms with Crippen LogP contribution in [0.15, 0.2) is 0 Å². The molecule has 2 N–H and O–H groups in total. The minimum absolute atomic E-state index is 0.382. The van der Waals surface area contributed by atoms with Crippen LogP contribution in [0.5, 0.6) is 0 Å². The van der Waals surface area contributed by atoms with Gasteiger partial charge in [-0.15, -0.1) is 0 Å². The normalized spacial score (nSPS) is 12.0. The Labute approximate surface area is 97.2 Å². The van der Waals surface area contributed by atoms with Crippen molar-refractivity contribution in [1.29, 1.82) is 0 Å². The molecule has 0 aromatic heterocycles. The van der Waals surface area contributed by atoms with Gasteiger partial charge in [0.05, 0.1) is 38.5 Å². The van der Waals surface area contributed by atoms with Crippen LogP contribution in [0.1, 0.15) is 20.8 Å². The number of hydrogen-bond donors (Lipinski definition) is 2. The van der Waals surface area contributed by atoms with E-state index in [2.05, 4.69) is 40.8 Å². The van der Waals surface area contributed by atoms with E-state index in [-0.39, 0.29) is 0 Å². The van der Waals surface area contributed by atoms with Crippen molar-refractivity contribution in [2.75, 3.05) is 51.2 Å². The van der Waals surface area contributed by atoms with Gasteiger partial charge < -0.3 is 10.2 Å². The van der Waals surface area contributed by atoms with E-state index in [1.54, 1.807) is 0 Å². The average Bonchev–Trinajstić information content (AvgIpc) is 2.22. The quantitative estimate of drug-likeness (QED) is 0.743. The lowest BCUT2D eigenvalue weighted by Gasteiger charge is -2.19. The van der Waals surface area contributed by atoms with Gasteiger partial charge in [-0.05, 0) is 20.8 Å². The summed E-state index contributed by atoms with van der Waals surface area (Å²) in [5.74, 6) is 0. The van der Waals surface area contributed by atoms with Crippen LogP contribution in [0, 0.1) is 0 Å². The minimum Gasteiger partial charge on any atom is -0.362 e. The maximum absolute atomic E-state index is 9.03. The molecule has 0 amide bonds. The molecule has 94 valence electrons. The fraction of sp³-hybridized carbons (Fsp3) is 1.00. The van der Waals surface area contributed by atoms with E-state index in [9.17, 15) is 0 Å².